The van der Waals surface area contributed by atoms with E-state index in [4.69, 9.17) is 14.2 Å². The minimum atomic E-state index is -4.64. The minimum absolute atomic E-state index is 0.0463. The zero-order chi connectivity index (χ0) is 27.9. The van der Waals surface area contributed by atoms with Crippen LogP contribution in [0.3, 0.4) is 0 Å². The van der Waals surface area contributed by atoms with Crippen LogP contribution in [0, 0.1) is 6.92 Å². The number of benzene rings is 3. The van der Waals surface area contributed by atoms with Crippen molar-refractivity contribution in [1.29, 1.82) is 0 Å². The summed E-state index contributed by atoms with van der Waals surface area (Å²) < 4.78 is 55.8. The monoisotopic (exact) mass is 594 g/mol. The lowest BCUT2D eigenvalue weighted by atomic mass is 10.1. The van der Waals surface area contributed by atoms with Gasteiger partial charge in [0.1, 0.15) is 0 Å². The van der Waals surface area contributed by atoms with Crippen molar-refractivity contribution >= 4 is 45.1 Å². The number of ether oxygens (including phenoxy) is 3. The van der Waals surface area contributed by atoms with Gasteiger partial charge in [-0.25, -0.2) is 4.79 Å². The predicted octanol–water partition coefficient (Wildman–Crippen LogP) is 5.60. The zero-order valence-corrected chi connectivity index (χ0v) is 21.7. The maximum atomic E-state index is 13.1. The molecule has 0 atom stereocenters. The number of carbonyl (C=O) groups excluding carboxylic acids is 3. The number of amides is 2. The Morgan fingerprint density at radius 3 is 2.29 bits per heavy atom. The minimum Gasteiger partial charge on any atom is -0.493 e. The molecule has 0 aromatic heterocycles. The molecule has 3 rings (SSSR count). The average molecular weight is 595 g/mol. The molecule has 0 aliphatic rings. The van der Waals surface area contributed by atoms with Crippen LogP contribution < -0.4 is 20.1 Å². The largest absolute Gasteiger partial charge is 0.493 e. The fourth-order valence-corrected chi connectivity index (χ4v) is 3.46. The Kier molecular flexibility index (Phi) is 9.35. The molecule has 0 saturated heterocycles. The number of anilines is 2. The Morgan fingerprint density at radius 2 is 1.61 bits per heavy atom. The van der Waals surface area contributed by atoms with E-state index >= 15 is 0 Å². The van der Waals surface area contributed by atoms with Gasteiger partial charge in [-0.1, -0.05) is 28.1 Å². The summed E-state index contributed by atoms with van der Waals surface area (Å²) in [5.74, 6) is -2.05. The summed E-state index contributed by atoms with van der Waals surface area (Å²) in [5.41, 5.74) is 0.107. The number of rotatable bonds is 9. The second-order valence-electron chi connectivity index (χ2n) is 7.83. The smallest absolute Gasteiger partial charge is 0.418 e. The second-order valence-corrected chi connectivity index (χ2v) is 8.69. The average Bonchev–Trinajstić information content (AvgIpc) is 2.87. The first-order valence-corrected chi connectivity index (χ1v) is 11.8. The number of hydrogen-bond donors (Lipinski definition) is 2. The summed E-state index contributed by atoms with van der Waals surface area (Å²) in [6, 6.07) is 13.7. The van der Waals surface area contributed by atoms with Crippen molar-refractivity contribution in [2.24, 2.45) is 0 Å². The molecule has 0 aliphatic heterocycles. The van der Waals surface area contributed by atoms with Gasteiger partial charge in [0.05, 0.1) is 23.9 Å². The lowest BCUT2D eigenvalue weighted by Crippen LogP contribution is -2.22. The van der Waals surface area contributed by atoms with Gasteiger partial charge in [-0.3, -0.25) is 9.59 Å². The van der Waals surface area contributed by atoms with Crippen LogP contribution in [-0.4, -0.2) is 38.1 Å². The fraction of sp³-hybridized carbons (Fsp3) is 0.192. The van der Waals surface area contributed by atoms with E-state index in [0.717, 1.165) is 22.2 Å². The van der Waals surface area contributed by atoms with Crippen molar-refractivity contribution in [2.75, 3.05) is 31.0 Å². The molecule has 0 aliphatic carbocycles. The summed E-state index contributed by atoms with van der Waals surface area (Å²) in [4.78, 5) is 36.7. The van der Waals surface area contributed by atoms with Crippen molar-refractivity contribution in [3.8, 4) is 11.5 Å². The molecule has 0 saturated carbocycles. The number of esters is 1. The van der Waals surface area contributed by atoms with Gasteiger partial charge in [0, 0.05) is 10.2 Å². The molecule has 3 aromatic carbocycles. The molecule has 0 unspecified atom stereocenters. The standard InChI is InChI=1S/C26H22BrF3N2O6/c1-15-11-17(8-9-19(15)27)31-23(33)14-38-25(35)16-7-10-21(22(12-16)36-2)37-13-24(34)32-20-6-4-3-5-18(20)26(28,29)30/h3-12H,13-14H2,1-2H3,(H,31,33)(H,32,34). The van der Waals surface area contributed by atoms with Crippen LogP contribution in [0.4, 0.5) is 24.5 Å². The molecule has 2 N–H and O–H groups in total. The van der Waals surface area contributed by atoms with Gasteiger partial charge in [-0.05, 0) is 61.0 Å². The highest BCUT2D eigenvalue weighted by molar-refractivity contribution is 9.10. The molecule has 0 spiro atoms. The van der Waals surface area contributed by atoms with E-state index < -0.39 is 48.4 Å². The number of carbonyl (C=O) groups is 3. The second kappa shape index (κ2) is 12.5. The van der Waals surface area contributed by atoms with Crippen LogP contribution in [0.2, 0.25) is 0 Å². The summed E-state index contributed by atoms with van der Waals surface area (Å²) in [6.07, 6.45) is -4.64. The van der Waals surface area contributed by atoms with Crippen LogP contribution >= 0.6 is 15.9 Å². The van der Waals surface area contributed by atoms with E-state index in [1.54, 1.807) is 18.2 Å². The Hall–Kier alpha value is -4.06. The molecule has 0 heterocycles. The van der Waals surface area contributed by atoms with E-state index in [9.17, 15) is 27.6 Å². The van der Waals surface area contributed by atoms with Crippen molar-refractivity contribution in [3.63, 3.8) is 0 Å². The van der Waals surface area contributed by atoms with E-state index in [-0.39, 0.29) is 17.1 Å². The first kappa shape index (κ1) is 28.5. The maximum Gasteiger partial charge on any atom is 0.418 e. The van der Waals surface area contributed by atoms with Gasteiger partial charge in [0.15, 0.2) is 24.7 Å². The lowest BCUT2D eigenvalue weighted by Gasteiger charge is -2.15. The van der Waals surface area contributed by atoms with Crippen molar-refractivity contribution < 1.29 is 41.8 Å². The van der Waals surface area contributed by atoms with Gasteiger partial charge in [-0.2, -0.15) is 13.2 Å². The molecule has 38 heavy (non-hydrogen) atoms. The van der Waals surface area contributed by atoms with Crippen LogP contribution in [0.1, 0.15) is 21.5 Å². The third-order valence-electron chi connectivity index (χ3n) is 5.04. The highest BCUT2D eigenvalue weighted by Crippen LogP contribution is 2.34. The molecule has 0 radical (unpaired) electrons. The predicted molar refractivity (Wildman–Crippen MR) is 136 cm³/mol. The molecular formula is C26H22BrF3N2O6. The number of nitrogens with one attached hydrogen (secondary N) is 2. The van der Waals surface area contributed by atoms with Crippen molar-refractivity contribution in [2.45, 2.75) is 13.1 Å². The SMILES string of the molecule is COc1cc(C(=O)OCC(=O)Nc2ccc(Br)c(C)c2)ccc1OCC(=O)Nc1ccccc1C(F)(F)F. The summed E-state index contributed by atoms with van der Waals surface area (Å²) >= 11 is 3.37. The third-order valence-corrected chi connectivity index (χ3v) is 5.93. The van der Waals surface area contributed by atoms with Crippen molar-refractivity contribution in [3.05, 3.63) is 81.8 Å². The summed E-state index contributed by atoms with van der Waals surface area (Å²) in [6.45, 7) is 0.704. The number of methoxy groups -OCH3 is 1. The molecule has 2 amide bonds. The van der Waals surface area contributed by atoms with Gasteiger partial charge in [-0.15, -0.1) is 0 Å². The number of aryl methyl sites for hydroxylation is 1. The zero-order valence-electron chi connectivity index (χ0n) is 20.1. The van der Waals surface area contributed by atoms with E-state index in [1.807, 2.05) is 6.92 Å². The molecule has 200 valence electrons. The van der Waals surface area contributed by atoms with Crippen LogP contribution in [0.5, 0.6) is 11.5 Å². The molecular weight excluding hydrogens is 573 g/mol. The normalized spacial score (nSPS) is 10.9. The molecule has 8 nitrogen and oxygen atoms in total. The first-order valence-electron chi connectivity index (χ1n) is 11.0. The molecule has 0 fully saturated rings. The van der Waals surface area contributed by atoms with E-state index in [1.165, 1.54) is 37.4 Å². The van der Waals surface area contributed by atoms with Gasteiger partial charge >= 0.3 is 12.1 Å². The van der Waals surface area contributed by atoms with Crippen molar-refractivity contribution in [1.82, 2.24) is 0 Å². The maximum absolute atomic E-state index is 13.1. The number of alkyl halides is 3. The molecule has 0 bridgehead atoms. The molecule has 12 heteroatoms. The quantitative estimate of drug-likeness (QED) is 0.313. The first-order chi connectivity index (χ1) is 18.0. The Bertz CT molecular complexity index is 1350. The number of halogens is 4. The summed E-state index contributed by atoms with van der Waals surface area (Å²) in [7, 11) is 1.30. The Labute approximate surface area is 224 Å². The topological polar surface area (TPSA) is 103 Å². The van der Waals surface area contributed by atoms with Crippen LogP contribution in [0.15, 0.2) is 65.1 Å². The van der Waals surface area contributed by atoms with E-state index in [2.05, 4.69) is 26.6 Å². The van der Waals surface area contributed by atoms with Crippen LogP contribution in [0.25, 0.3) is 0 Å². The summed E-state index contributed by atoms with van der Waals surface area (Å²) in [5, 5.41) is 4.79. The van der Waals surface area contributed by atoms with E-state index in [0.29, 0.717) is 5.69 Å². The molecule has 3 aromatic rings. The highest BCUT2D eigenvalue weighted by atomic mass is 79.9. The Balaban J connectivity index is 1.56. The van der Waals surface area contributed by atoms with Gasteiger partial charge < -0.3 is 24.8 Å². The Morgan fingerprint density at radius 1 is 0.895 bits per heavy atom. The lowest BCUT2D eigenvalue weighted by molar-refractivity contribution is -0.137. The number of para-hydroxylation sites is 1. The van der Waals surface area contributed by atoms with Crippen LogP contribution in [-0.2, 0) is 20.5 Å². The highest BCUT2D eigenvalue weighted by Gasteiger charge is 2.33. The number of hydrogen-bond acceptors (Lipinski definition) is 6. The fourth-order valence-electron chi connectivity index (χ4n) is 3.22. The van der Waals surface area contributed by atoms with Gasteiger partial charge in [0.25, 0.3) is 11.8 Å². The third kappa shape index (κ3) is 7.72. The van der Waals surface area contributed by atoms with Gasteiger partial charge in [0.2, 0.25) is 0 Å².